The summed E-state index contributed by atoms with van der Waals surface area (Å²) in [5.74, 6) is 2.89. The third-order valence-electron chi connectivity index (χ3n) is 7.43. The number of likely N-dealkylation sites (tertiary alicyclic amines) is 1. The summed E-state index contributed by atoms with van der Waals surface area (Å²) in [5, 5.41) is 5.60. The van der Waals surface area contributed by atoms with Gasteiger partial charge in [-0.25, -0.2) is 0 Å². The molecule has 1 N–H and O–H groups in total. The zero-order valence-corrected chi connectivity index (χ0v) is 15.9. The second kappa shape index (κ2) is 6.38. The largest absolute Gasteiger partial charge is 0.354 e. The Morgan fingerprint density at radius 1 is 1.16 bits per heavy atom. The van der Waals surface area contributed by atoms with Crippen molar-refractivity contribution in [2.45, 2.75) is 57.4 Å². The van der Waals surface area contributed by atoms with Gasteiger partial charge < -0.3 is 5.32 Å². The van der Waals surface area contributed by atoms with Crippen molar-refractivity contribution in [3.63, 3.8) is 0 Å². The first-order chi connectivity index (χ1) is 12.2. The summed E-state index contributed by atoms with van der Waals surface area (Å²) in [5.41, 5.74) is -0.0141. The van der Waals surface area contributed by atoms with Crippen LogP contribution in [0.1, 0.15) is 62.3 Å². The first kappa shape index (κ1) is 16.3. The van der Waals surface area contributed by atoms with Crippen LogP contribution in [-0.2, 0) is 4.79 Å². The van der Waals surface area contributed by atoms with Gasteiger partial charge in [-0.3, -0.25) is 9.69 Å². The Morgan fingerprint density at radius 3 is 2.36 bits per heavy atom. The van der Waals surface area contributed by atoms with Gasteiger partial charge in [0.2, 0.25) is 5.91 Å². The summed E-state index contributed by atoms with van der Waals surface area (Å²) in [6, 6.07) is 4.76. The molecule has 1 saturated heterocycles. The van der Waals surface area contributed by atoms with Gasteiger partial charge in [-0.05, 0) is 93.7 Å². The van der Waals surface area contributed by atoms with Crippen molar-refractivity contribution in [1.82, 2.24) is 10.2 Å². The molecule has 1 aromatic rings. The van der Waals surface area contributed by atoms with Crippen molar-refractivity contribution >= 4 is 17.2 Å². The number of hydrogen-bond acceptors (Lipinski definition) is 3. The second-order valence-corrected chi connectivity index (χ2v) is 10.2. The van der Waals surface area contributed by atoms with E-state index in [1.165, 1.54) is 69.3 Å². The topological polar surface area (TPSA) is 32.3 Å². The molecule has 4 aliphatic carbocycles. The zero-order valence-electron chi connectivity index (χ0n) is 15.1. The Hall–Kier alpha value is -0.870. The van der Waals surface area contributed by atoms with Gasteiger partial charge in [0.25, 0.3) is 0 Å². The van der Waals surface area contributed by atoms with E-state index >= 15 is 0 Å². The molecule has 5 fully saturated rings. The first-order valence-electron chi connectivity index (χ1n) is 10.3. The van der Waals surface area contributed by atoms with Gasteiger partial charge in [0.15, 0.2) is 0 Å². The monoisotopic (exact) mass is 358 g/mol. The molecule has 0 spiro atoms. The average Bonchev–Trinajstić information content (AvgIpc) is 3.28. The highest BCUT2D eigenvalue weighted by Crippen LogP contribution is 2.60. The highest BCUT2D eigenvalue weighted by molar-refractivity contribution is 7.10. The molecule has 6 rings (SSSR count). The Labute approximate surface area is 155 Å². The minimum atomic E-state index is -0.0141. The average molecular weight is 359 g/mol. The first-order valence-corrected chi connectivity index (χ1v) is 11.2. The van der Waals surface area contributed by atoms with Crippen molar-refractivity contribution < 1.29 is 4.79 Å². The van der Waals surface area contributed by atoms with E-state index in [1.54, 1.807) is 0 Å². The van der Waals surface area contributed by atoms with E-state index in [0.29, 0.717) is 11.9 Å². The van der Waals surface area contributed by atoms with Crippen LogP contribution < -0.4 is 5.32 Å². The third kappa shape index (κ3) is 2.95. The van der Waals surface area contributed by atoms with Crippen molar-refractivity contribution in [1.29, 1.82) is 0 Å². The Morgan fingerprint density at radius 2 is 1.80 bits per heavy atom. The lowest BCUT2D eigenvalue weighted by Gasteiger charge is -2.55. The quantitative estimate of drug-likeness (QED) is 0.855. The van der Waals surface area contributed by atoms with Gasteiger partial charge in [0, 0.05) is 16.8 Å². The van der Waals surface area contributed by atoms with E-state index in [-0.39, 0.29) is 5.41 Å². The fraction of sp³-hybridized carbons (Fsp3) is 0.762. The van der Waals surface area contributed by atoms with Crippen LogP contribution >= 0.6 is 11.3 Å². The van der Waals surface area contributed by atoms with Crippen LogP contribution in [0.5, 0.6) is 0 Å². The van der Waals surface area contributed by atoms with Gasteiger partial charge in [-0.1, -0.05) is 6.07 Å². The number of nitrogens with zero attached hydrogens (tertiary/aromatic N) is 1. The molecule has 4 heteroatoms. The maximum Gasteiger partial charge on any atom is 0.226 e. The van der Waals surface area contributed by atoms with E-state index < -0.39 is 0 Å². The van der Waals surface area contributed by atoms with Crippen molar-refractivity contribution in [3.05, 3.63) is 22.4 Å². The second-order valence-electron chi connectivity index (χ2n) is 9.18. The smallest absolute Gasteiger partial charge is 0.226 e. The van der Waals surface area contributed by atoms with Gasteiger partial charge in [-0.15, -0.1) is 11.3 Å². The summed E-state index contributed by atoms with van der Waals surface area (Å²) in [6.45, 7) is 3.15. The summed E-state index contributed by atoms with van der Waals surface area (Å²) < 4.78 is 0. The molecule has 0 aromatic carbocycles. The van der Waals surface area contributed by atoms with E-state index in [1.807, 2.05) is 11.3 Å². The summed E-state index contributed by atoms with van der Waals surface area (Å²) >= 11 is 1.84. The van der Waals surface area contributed by atoms with Crippen LogP contribution in [0, 0.1) is 23.2 Å². The van der Waals surface area contributed by atoms with Gasteiger partial charge in [0.1, 0.15) is 0 Å². The lowest BCUT2D eigenvalue weighted by atomic mass is 9.49. The highest BCUT2D eigenvalue weighted by Gasteiger charge is 2.54. The van der Waals surface area contributed by atoms with E-state index in [2.05, 4.69) is 27.7 Å². The van der Waals surface area contributed by atoms with Crippen LogP contribution in [0.15, 0.2) is 17.5 Å². The molecule has 1 atom stereocenters. The fourth-order valence-electron chi connectivity index (χ4n) is 6.71. The predicted molar refractivity (Wildman–Crippen MR) is 101 cm³/mol. The third-order valence-corrected chi connectivity index (χ3v) is 8.40. The van der Waals surface area contributed by atoms with Crippen LogP contribution in [0.25, 0.3) is 0 Å². The molecule has 2 heterocycles. The van der Waals surface area contributed by atoms with Gasteiger partial charge in [-0.2, -0.15) is 0 Å². The Balaban J connectivity index is 1.29. The van der Waals surface area contributed by atoms with E-state index in [9.17, 15) is 4.79 Å². The van der Waals surface area contributed by atoms with Crippen molar-refractivity contribution in [2.24, 2.45) is 23.2 Å². The van der Waals surface area contributed by atoms with E-state index in [0.717, 1.165) is 24.3 Å². The minimum Gasteiger partial charge on any atom is -0.354 e. The molecule has 3 nitrogen and oxygen atoms in total. The molecular weight excluding hydrogens is 328 g/mol. The number of thiophene rings is 1. The number of rotatable bonds is 5. The predicted octanol–water partition coefficient (Wildman–Crippen LogP) is 4.22. The molecule has 1 aliphatic heterocycles. The zero-order chi connectivity index (χ0) is 16.9. The van der Waals surface area contributed by atoms with Crippen LogP contribution in [0.2, 0.25) is 0 Å². The Kier molecular flexibility index (Phi) is 4.16. The molecule has 136 valence electrons. The maximum atomic E-state index is 13.3. The molecule has 4 bridgehead atoms. The number of carbonyl (C=O) groups excluding carboxylic acids is 1. The maximum absolute atomic E-state index is 13.3. The molecule has 0 radical (unpaired) electrons. The lowest BCUT2D eigenvalue weighted by Crippen LogP contribution is -2.54. The molecular formula is C21H30N2OS. The SMILES string of the molecule is O=C(NC[C@@H](c1cccs1)N1CCCC1)C12CC3CC(CC(C3)C1)C2. The van der Waals surface area contributed by atoms with Crippen molar-refractivity contribution in [3.8, 4) is 0 Å². The van der Waals surface area contributed by atoms with Gasteiger partial charge >= 0.3 is 0 Å². The molecule has 1 aromatic heterocycles. The van der Waals surface area contributed by atoms with Crippen molar-refractivity contribution in [2.75, 3.05) is 19.6 Å². The summed E-state index contributed by atoms with van der Waals surface area (Å²) in [6.07, 6.45) is 10.3. The lowest BCUT2D eigenvalue weighted by molar-refractivity contribution is -0.146. The molecule has 5 aliphatic rings. The summed E-state index contributed by atoms with van der Waals surface area (Å²) in [7, 11) is 0. The standard InChI is InChI=1S/C21H30N2OS/c24-20(21-11-15-8-16(12-21)10-17(9-15)13-21)22-14-18(19-4-3-7-25-19)23-5-1-2-6-23/h3-4,7,15-18H,1-2,5-6,8-14H2,(H,22,24)/t15?,16?,17?,18-,21?/m0/s1. The summed E-state index contributed by atoms with van der Waals surface area (Å²) in [4.78, 5) is 17.2. The van der Waals surface area contributed by atoms with E-state index in [4.69, 9.17) is 0 Å². The highest BCUT2D eigenvalue weighted by atomic mass is 32.1. The molecule has 0 unspecified atom stereocenters. The van der Waals surface area contributed by atoms with Crippen LogP contribution in [0.3, 0.4) is 0 Å². The van der Waals surface area contributed by atoms with Crippen LogP contribution in [-0.4, -0.2) is 30.4 Å². The number of carbonyl (C=O) groups is 1. The van der Waals surface area contributed by atoms with Gasteiger partial charge in [0.05, 0.1) is 6.04 Å². The minimum absolute atomic E-state index is 0.0141. The molecule has 4 saturated carbocycles. The molecule has 25 heavy (non-hydrogen) atoms. The number of nitrogens with one attached hydrogen (secondary N) is 1. The fourth-order valence-corrected chi connectivity index (χ4v) is 7.57. The Bertz CT molecular complexity index is 585. The normalized spacial score (nSPS) is 38.2. The van der Waals surface area contributed by atoms with Crippen LogP contribution in [0.4, 0.5) is 0 Å². The number of hydrogen-bond donors (Lipinski definition) is 1. The number of amides is 1. The molecule has 1 amide bonds.